The summed E-state index contributed by atoms with van der Waals surface area (Å²) >= 11 is 0. The Balaban J connectivity index is 1.39. The fraction of sp³-hybridized carbons (Fsp3) is 0.227. The van der Waals surface area contributed by atoms with E-state index in [1.54, 1.807) is 22.9 Å². The van der Waals surface area contributed by atoms with E-state index in [-0.39, 0.29) is 5.82 Å². The molecule has 1 aromatic carbocycles. The number of anilines is 2. The molecule has 9 heteroatoms. The minimum atomic E-state index is -0.997. The molecule has 1 aliphatic rings. The fourth-order valence-corrected chi connectivity index (χ4v) is 4.18. The zero-order valence-electron chi connectivity index (χ0n) is 16.5. The number of aryl methyl sites for hydroxylation is 1. The second-order valence-corrected chi connectivity index (χ2v) is 7.77. The molecule has 6 N–H and O–H groups in total. The largest absolute Gasteiger partial charge is 0.388 e. The molecule has 0 bridgehead atoms. The Bertz CT molecular complexity index is 1330. The van der Waals surface area contributed by atoms with E-state index in [1.165, 1.54) is 12.4 Å². The van der Waals surface area contributed by atoms with Crippen molar-refractivity contribution in [3.8, 4) is 0 Å². The predicted molar refractivity (Wildman–Crippen MR) is 116 cm³/mol. The van der Waals surface area contributed by atoms with Crippen LogP contribution in [0.5, 0.6) is 0 Å². The fourth-order valence-electron chi connectivity index (χ4n) is 4.18. The first-order chi connectivity index (χ1) is 14.9. The van der Waals surface area contributed by atoms with E-state index in [0.717, 1.165) is 11.1 Å². The van der Waals surface area contributed by atoms with Gasteiger partial charge < -0.3 is 26.2 Å². The molecule has 0 spiro atoms. The van der Waals surface area contributed by atoms with Crippen molar-refractivity contribution in [1.82, 2.24) is 19.5 Å². The Morgan fingerprint density at radius 3 is 2.71 bits per heavy atom. The Morgan fingerprint density at radius 2 is 1.87 bits per heavy atom. The highest BCUT2D eigenvalue weighted by atomic mass is 19.1. The van der Waals surface area contributed by atoms with Crippen molar-refractivity contribution in [3.63, 3.8) is 0 Å². The van der Waals surface area contributed by atoms with Gasteiger partial charge in [0, 0.05) is 11.6 Å². The summed E-state index contributed by atoms with van der Waals surface area (Å²) in [6.45, 7) is 0. The number of hydrogen-bond donors (Lipinski definition) is 4. The summed E-state index contributed by atoms with van der Waals surface area (Å²) in [4.78, 5) is 12.4. The summed E-state index contributed by atoms with van der Waals surface area (Å²) in [7, 11) is 0. The maximum atomic E-state index is 13.6. The lowest BCUT2D eigenvalue weighted by atomic mass is 10.0. The lowest BCUT2D eigenvalue weighted by Crippen LogP contribution is -2.29. The van der Waals surface area contributed by atoms with Gasteiger partial charge in [-0.1, -0.05) is 18.2 Å². The summed E-state index contributed by atoms with van der Waals surface area (Å²) in [5, 5.41) is 22.6. The van der Waals surface area contributed by atoms with Crippen molar-refractivity contribution in [2.75, 3.05) is 11.5 Å². The van der Waals surface area contributed by atoms with Crippen molar-refractivity contribution in [3.05, 3.63) is 65.9 Å². The molecule has 0 aliphatic heterocycles. The monoisotopic (exact) mass is 420 g/mol. The van der Waals surface area contributed by atoms with Gasteiger partial charge in [-0.2, -0.15) is 0 Å². The van der Waals surface area contributed by atoms with E-state index >= 15 is 0 Å². The van der Waals surface area contributed by atoms with Crippen molar-refractivity contribution in [1.29, 1.82) is 0 Å². The van der Waals surface area contributed by atoms with Gasteiger partial charge in [0.2, 0.25) is 0 Å². The Labute approximate surface area is 176 Å². The molecular formula is C22H21FN6O2. The van der Waals surface area contributed by atoms with Crippen LogP contribution in [0.1, 0.15) is 18.0 Å². The Morgan fingerprint density at radius 1 is 1.03 bits per heavy atom. The van der Waals surface area contributed by atoms with E-state index in [1.807, 2.05) is 18.2 Å². The summed E-state index contributed by atoms with van der Waals surface area (Å²) in [6, 6.07) is 8.26. The quantitative estimate of drug-likeness (QED) is 0.371. The number of fused-ring (bicyclic) bond motifs is 2. The number of hydrogen-bond acceptors (Lipinski definition) is 7. The second kappa shape index (κ2) is 7.29. The van der Waals surface area contributed by atoms with Crippen LogP contribution in [0.25, 0.3) is 21.9 Å². The van der Waals surface area contributed by atoms with E-state index in [0.29, 0.717) is 40.6 Å². The van der Waals surface area contributed by atoms with Crippen LogP contribution < -0.4 is 11.5 Å². The van der Waals surface area contributed by atoms with Crippen molar-refractivity contribution in [2.24, 2.45) is 0 Å². The van der Waals surface area contributed by atoms with Crippen LogP contribution in [0.3, 0.4) is 0 Å². The Hall–Kier alpha value is -3.56. The molecule has 5 rings (SSSR count). The molecule has 8 nitrogen and oxygen atoms in total. The first-order valence-corrected chi connectivity index (χ1v) is 9.91. The minimum absolute atomic E-state index is 0.132. The molecule has 1 aliphatic carbocycles. The first-order valence-electron chi connectivity index (χ1n) is 9.91. The predicted octanol–water partition coefficient (Wildman–Crippen LogP) is 2.12. The molecule has 3 aromatic heterocycles. The molecule has 4 aromatic rings. The van der Waals surface area contributed by atoms with Crippen LogP contribution in [0.4, 0.5) is 16.0 Å². The average Bonchev–Trinajstić information content (AvgIpc) is 3.30. The maximum absolute atomic E-state index is 13.6. The topological polar surface area (TPSA) is 136 Å². The maximum Gasteiger partial charge on any atom is 0.165 e. The van der Waals surface area contributed by atoms with Crippen molar-refractivity contribution in [2.45, 2.75) is 31.1 Å². The molecule has 3 heterocycles. The van der Waals surface area contributed by atoms with Gasteiger partial charge in [0.05, 0.1) is 16.9 Å². The highest BCUT2D eigenvalue weighted by Gasteiger charge is 2.36. The summed E-state index contributed by atoms with van der Waals surface area (Å²) in [5.41, 5.74) is 14.4. The number of nitrogens with two attached hydrogens (primary N) is 2. The number of aliphatic hydroxyl groups is 2. The molecule has 0 saturated heterocycles. The SMILES string of the molecule is Nc1nc2cc(CCC3=CC(n4ccc5c(N)ncnc54)[C@@H](O)C3O)ccc2cc1F. The van der Waals surface area contributed by atoms with E-state index < -0.39 is 24.1 Å². The molecule has 0 saturated carbocycles. The standard InChI is InChI=1S/C22H21FN6O2/c23-15-8-12-3-1-11(7-16(12)28-21(15)25)2-4-13-9-17(19(31)18(13)30)29-6-5-14-20(24)26-10-27-22(14)29/h1,3,5-10,17-19,30-31H,2,4H2,(H2,25,28)(H2,24,26,27)/t17?,18?,19-/m1/s1. The van der Waals surface area contributed by atoms with E-state index in [2.05, 4.69) is 15.0 Å². The highest BCUT2D eigenvalue weighted by molar-refractivity contribution is 5.86. The van der Waals surface area contributed by atoms with Gasteiger partial charge in [0.15, 0.2) is 11.6 Å². The van der Waals surface area contributed by atoms with Crippen LogP contribution in [0.2, 0.25) is 0 Å². The zero-order valence-corrected chi connectivity index (χ0v) is 16.5. The molecule has 2 unspecified atom stereocenters. The van der Waals surface area contributed by atoms with Gasteiger partial charge in [-0.25, -0.2) is 19.3 Å². The number of nitrogens with zero attached hydrogens (tertiary/aromatic N) is 4. The lowest BCUT2D eigenvalue weighted by Gasteiger charge is -2.19. The van der Waals surface area contributed by atoms with Gasteiger partial charge in [-0.15, -0.1) is 0 Å². The summed E-state index contributed by atoms with van der Waals surface area (Å²) in [5.74, 6) is -0.302. The molecule has 31 heavy (non-hydrogen) atoms. The third kappa shape index (κ3) is 3.28. The van der Waals surface area contributed by atoms with Gasteiger partial charge in [-0.05, 0) is 42.2 Å². The van der Waals surface area contributed by atoms with Gasteiger partial charge in [-0.3, -0.25) is 0 Å². The minimum Gasteiger partial charge on any atom is -0.388 e. The van der Waals surface area contributed by atoms with Gasteiger partial charge in [0.1, 0.15) is 30.0 Å². The lowest BCUT2D eigenvalue weighted by molar-refractivity contribution is 0.0317. The zero-order chi connectivity index (χ0) is 21.7. The highest BCUT2D eigenvalue weighted by Crippen LogP contribution is 2.34. The van der Waals surface area contributed by atoms with Crippen molar-refractivity contribution >= 4 is 33.6 Å². The molecular weight excluding hydrogens is 399 g/mol. The Kier molecular flexibility index (Phi) is 4.57. The molecule has 0 amide bonds. The van der Waals surface area contributed by atoms with E-state index in [9.17, 15) is 14.6 Å². The average molecular weight is 420 g/mol. The van der Waals surface area contributed by atoms with Crippen molar-refractivity contribution < 1.29 is 14.6 Å². The summed E-state index contributed by atoms with van der Waals surface area (Å²) in [6.07, 6.45) is 4.23. The van der Waals surface area contributed by atoms with Crippen LogP contribution in [-0.2, 0) is 6.42 Å². The number of rotatable bonds is 4. The third-order valence-electron chi connectivity index (χ3n) is 5.86. The number of aromatic nitrogens is 4. The third-order valence-corrected chi connectivity index (χ3v) is 5.86. The van der Waals surface area contributed by atoms with E-state index in [4.69, 9.17) is 11.5 Å². The van der Waals surface area contributed by atoms with Crippen LogP contribution in [0, 0.1) is 5.82 Å². The molecule has 158 valence electrons. The molecule has 0 fully saturated rings. The first kappa shape index (κ1) is 19.4. The van der Waals surface area contributed by atoms with Crippen LogP contribution in [0.15, 0.2) is 54.5 Å². The van der Waals surface area contributed by atoms with Gasteiger partial charge in [0.25, 0.3) is 0 Å². The molecule has 0 radical (unpaired) electrons. The number of pyridine rings is 1. The second-order valence-electron chi connectivity index (χ2n) is 7.77. The number of aliphatic hydroxyl groups excluding tert-OH is 2. The van der Waals surface area contributed by atoms with Crippen LogP contribution in [-0.4, -0.2) is 41.9 Å². The normalized spacial score (nSPS) is 21.1. The number of benzene rings is 1. The van der Waals surface area contributed by atoms with Gasteiger partial charge >= 0.3 is 0 Å². The summed E-state index contributed by atoms with van der Waals surface area (Å²) < 4.78 is 15.4. The number of halogens is 1. The van der Waals surface area contributed by atoms with Crippen LogP contribution >= 0.6 is 0 Å². The smallest absolute Gasteiger partial charge is 0.165 e. The molecule has 3 atom stereocenters. The number of nitrogen functional groups attached to an aromatic ring is 2.